The fraction of sp³-hybridized carbons (Fsp3) is 0.333. The Kier molecular flexibility index (Phi) is 6.74. The molecule has 0 aliphatic carbocycles. The lowest BCUT2D eigenvalue weighted by molar-refractivity contribution is -0.109. The molecule has 2 rings (SSSR count). The maximum atomic E-state index is 12.4. The molecule has 0 saturated carbocycles. The third-order valence-corrected chi connectivity index (χ3v) is 4.17. The number of carbonyl (C=O) groups is 2. The van der Waals surface area contributed by atoms with E-state index in [0.29, 0.717) is 11.1 Å². The van der Waals surface area contributed by atoms with Gasteiger partial charge in [0.05, 0.1) is 0 Å². The van der Waals surface area contributed by atoms with Crippen LogP contribution in [0.1, 0.15) is 66.4 Å². The Morgan fingerprint density at radius 1 is 0.913 bits per heavy atom. The van der Waals surface area contributed by atoms with Gasteiger partial charge in [-0.3, -0.25) is 4.79 Å². The van der Waals surface area contributed by atoms with Crippen molar-refractivity contribution in [2.75, 3.05) is 0 Å². The van der Waals surface area contributed by atoms with E-state index >= 15 is 0 Å². The molecule has 1 atom stereocenters. The molecule has 0 heterocycles. The van der Waals surface area contributed by atoms with Gasteiger partial charge in [0, 0.05) is 17.0 Å². The summed E-state index contributed by atoms with van der Waals surface area (Å²) in [6.07, 6.45) is 6.57. The van der Waals surface area contributed by atoms with Crippen molar-refractivity contribution in [2.45, 2.75) is 44.9 Å². The molecule has 23 heavy (non-hydrogen) atoms. The zero-order valence-corrected chi connectivity index (χ0v) is 13.7. The second-order valence-electron chi connectivity index (χ2n) is 5.91. The van der Waals surface area contributed by atoms with Crippen molar-refractivity contribution >= 4 is 12.1 Å². The summed E-state index contributed by atoms with van der Waals surface area (Å²) in [4.78, 5) is 23.7. The highest BCUT2D eigenvalue weighted by molar-refractivity contribution is 6.08. The van der Waals surface area contributed by atoms with Gasteiger partial charge in [-0.15, -0.1) is 0 Å². The highest BCUT2D eigenvalue weighted by atomic mass is 16.1. The molecule has 0 bridgehead atoms. The Balaban J connectivity index is 2.03. The van der Waals surface area contributed by atoms with Crippen LogP contribution >= 0.6 is 0 Å². The molecule has 2 heteroatoms. The first-order chi connectivity index (χ1) is 11.3. The maximum Gasteiger partial charge on any atom is 0.193 e. The van der Waals surface area contributed by atoms with E-state index in [-0.39, 0.29) is 11.7 Å². The fourth-order valence-electron chi connectivity index (χ4n) is 2.74. The van der Waals surface area contributed by atoms with Gasteiger partial charge in [0.2, 0.25) is 0 Å². The van der Waals surface area contributed by atoms with Gasteiger partial charge in [-0.2, -0.15) is 0 Å². The molecule has 0 aromatic heterocycles. The topological polar surface area (TPSA) is 34.1 Å². The van der Waals surface area contributed by atoms with Gasteiger partial charge < -0.3 is 4.79 Å². The molecule has 120 valence electrons. The van der Waals surface area contributed by atoms with Crippen molar-refractivity contribution < 1.29 is 9.59 Å². The van der Waals surface area contributed by atoms with E-state index in [9.17, 15) is 9.59 Å². The second kappa shape index (κ2) is 9.04. The van der Waals surface area contributed by atoms with Crippen LogP contribution in [0.15, 0.2) is 54.6 Å². The van der Waals surface area contributed by atoms with E-state index in [0.717, 1.165) is 24.7 Å². The van der Waals surface area contributed by atoms with Gasteiger partial charge in [-0.25, -0.2) is 0 Å². The van der Waals surface area contributed by atoms with Crippen molar-refractivity contribution in [2.24, 2.45) is 0 Å². The molecule has 2 nitrogen and oxygen atoms in total. The van der Waals surface area contributed by atoms with Crippen LogP contribution in [0.2, 0.25) is 0 Å². The van der Waals surface area contributed by atoms with E-state index in [2.05, 4.69) is 6.92 Å². The highest BCUT2D eigenvalue weighted by Gasteiger charge is 2.12. The van der Waals surface area contributed by atoms with Crippen LogP contribution in [0.3, 0.4) is 0 Å². The van der Waals surface area contributed by atoms with Crippen LogP contribution in [0.4, 0.5) is 0 Å². The van der Waals surface area contributed by atoms with E-state index in [1.54, 1.807) is 0 Å². The number of ketones is 1. The molecule has 1 unspecified atom stereocenters. The molecule has 2 aromatic carbocycles. The molecule has 0 spiro atoms. The Hall–Kier alpha value is -2.22. The van der Waals surface area contributed by atoms with Crippen LogP contribution in [0.25, 0.3) is 0 Å². The summed E-state index contributed by atoms with van der Waals surface area (Å²) in [6.45, 7) is 2.18. The number of rotatable bonds is 9. The predicted octanol–water partition coefficient (Wildman–Crippen LogP) is 5.17. The Bertz CT molecular complexity index is 614. The van der Waals surface area contributed by atoms with Gasteiger partial charge in [0.25, 0.3) is 0 Å². The zero-order valence-electron chi connectivity index (χ0n) is 13.7. The van der Waals surface area contributed by atoms with Crippen LogP contribution in [0, 0.1) is 0 Å². The number of hydrogen-bond acceptors (Lipinski definition) is 2. The van der Waals surface area contributed by atoms with E-state index < -0.39 is 0 Å². The Morgan fingerprint density at radius 2 is 1.57 bits per heavy atom. The third kappa shape index (κ3) is 4.88. The monoisotopic (exact) mass is 308 g/mol. The van der Waals surface area contributed by atoms with Crippen LogP contribution in [-0.4, -0.2) is 12.1 Å². The quantitative estimate of drug-likeness (QED) is 0.364. The molecule has 0 saturated heterocycles. The number of benzene rings is 2. The van der Waals surface area contributed by atoms with Crippen molar-refractivity contribution in [3.05, 3.63) is 71.3 Å². The summed E-state index contributed by atoms with van der Waals surface area (Å²) in [5.41, 5.74) is 2.35. The van der Waals surface area contributed by atoms with Gasteiger partial charge in [0.15, 0.2) is 5.78 Å². The molecule has 0 radical (unpaired) electrons. The second-order valence-corrected chi connectivity index (χ2v) is 5.91. The van der Waals surface area contributed by atoms with Crippen molar-refractivity contribution in [3.63, 3.8) is 0 Å². The summed E-state index contributed by atoms with van der Waals surface area (Å²) < 4.78 is 0. The third-order valence-electron chi connectivity index (χ3n) is 4.17. The summed E-state index contributed by atoms with van der Waals surface area (Å²) in [6, 6.07) is 16.7. The minimum atomic E-state index is -0.0623. The fourth-order valence-corrected chi connectivity index (χ4v) is 2.74. The predicted molar refractivity (Wildman–Crippen MR) is 93.9 cm³/mol. The highest BCUT2D eigenvalue weighted by Crippen LogP contribution is 2.22. The molecular formula is C21H24O2. The summed E-state index contributed by atoms with van der Waals surface area (Å²) in [5.74, 6) is -0.0458. The van der Waals surface area contributed by atoms with E-state index in [4.69, 9.17) is 0 Å². The molecule has 0 fully saturated rings. The minimum Gasteiger partial charge on any atom is -0.303 e. The maximum absolute atomic E-state index is 12.4. The lowest BCUT2D eigenvalue weighted by Gasteiger charge is -2.11. The van der Waals surface area contributed by atoms with Crippen molar-refractivity contribution in [3.8, 4) is 0 Å². The van der Waals surface area contributed by atoms with Crippen molar-refractivity contribution in [1.29, 1.82) is 0 Å². The lowest BCUT2D eigenvalue weighted by Crippen LogP contribution is -2.04. The van der Waals surface area contributed by atoms with Gasteiger partial charge in [-0.1, -0.05) is 87.2 Å². The van der Waals surface area contributed by atoms with Gasteiger partial charge in [-0.05, 0) is 12.0 Å². The van der Waals surface area contributed by atoms with E-state index in [1.807, 2.05) is 54.6 Å². The normalized spacial score (nSPS) is 11.9. The number of unbranched alkanes of at least 4 members (excludes halogenated alkanes) is 3. The summed E-state index contributed by atoms with van der Waals surface area (Å²) >= 11 is 0. The first kappa shape index (κ1) is 17.1. The molecule has 0 amide bonds. The van der Waals surface area contributed by atoms with Gasteiger partial charge in [0.1, 0.15) is 6.29 Å². The Morgan fingerprint density at radius 3 is 2.17 bits per heavy atom. The molecule has 0 aliphatic heterocycles. The van der Waals surface area contributed by atoms with Gasteiger partial charge >= 0.3 is 0 Å². The number of carbonyl (C=O) groups excluding carboxylic acids is 2. The smallest absolute Gasteiger partial charge is 0.193 e. The van der Waals surface area contributed by atoms with Crippen LogP contribution in [-0.2, 0) is 4.79 Å². The number of hydrogen-bond donors (Lipinski definition) is 0. The van der Waals surface area contributed by atoms with Crippen LogP contribution in [0.5, 0.6) is 0 Å². The van der Waals surface area contributed by atoms with Crippen LogP contribution < -0.4 is 0 Å². The zero-order chi connectivity index (χ0) is 16.5. The standard InChI is InChI=1S/C21H24O2/c1-2-3-4-6-11-20(16-22)17-12-14-19(15-13-17)21(23)18-9-7-5-8-10-18/h5,7-10,12-16,20H,2-4,6,11H2,1H3. The molecule has 0 aliphatic rings. The molecule has 2 aromatic rings. The molecule has 0 N–H and O–H groups in total. The largest absolute Gasteiger partial charge is 0.303 e. The first-order valence-electron chi connectivity index (χ1n) is 8.41. The average Bonchev–Trinajstić information content (AvgIpc) is 2.62. The molecular weight excluding hydrogens is 284 g/mol. The Labute approximate surface area is 138 Å². The van der Waals surface area contributed by atoms with E-state index in [1.165, 1.54) is 19.3 Å². The summed E-state index contributed by atoms with van der Waals surface area (Å²) in [7, 11) is 0. The number of aldehydes is 1. The SMILES string of the molecule is CCCCCCC(C=O)c1ccc(C(=O)c2ccccc2)cc1. The minimum absolute atomic E-state index is 0.0164. The lowest BCUT2D eigenvalue weighted by atomic mass is 9.92. The first-order valence-corrected chi connectivity index (χ1v) is 8.41. The summed E-state index contributed by atoms with van der Waals surface area (Å²) in [5, 5.41) is 0. The van der Waals surface area contributed by atoms with Crippen molar-refractivity contribution in [1.82, 2.24) is 0 Å². The average molecular weight is 308 g/mol.